The molecule has 0 fully saturated rings. The molecule has 10 heteroatoms. The lowest BCUT2D eigenvalue weighted by molar-refractivity contribution is -0.139. The van der Waals surface area contributed by atoms with Crippen molar-refractivity contribution < 1.29 is 18.0 Å². The Bertz CT molecular complexity index is 1380. The first-order valence-electron chi connectivity index (χ1n) is 12.7. The first-order valence-corrected chi connectivity index (χ1v) is 14.9. The summed E-state index contributed by atoms with van der Waals surface area (Å²) in [6.45, 7) is 5.40. The molecule has 0 saturated carbocycles. The third kappa shape index (κ3) is 7.75. The van der Waals surface area contributed by atoms with E-state index in [1.807, 2.05) is 6.92 Å². The molecule has 0 spiro atoms. The van der Waals surface area contributed by atoms with Crippen molar-refractivity contribution in [1.29, 1.82) is 0 Å². The summed E-state index contributed by atoms with van der Waals surface area (Å²) in [6, 6.07) is 18.9. The highest BCUT2D eigenvalue weighted by Gasteiger charge is 2.33. The number of amides is 2. The second-order valence-electron chi connectivity index (χ2n) is 9.18. The molecule has 3 aromatic carbocycles. The maximum Gasteiger partial charge on any atom is 0.264 e. The fourth-order valence-corrected chi connectivity index (χ4v) is 5.79. The third-order valence-corrected chi connectivity index (χ3v) is 8.82. The van der Waals surface area contributed by atoms with E-state index in [2.05, 4.69) is 5.32 Å². The van der Waals surface area contributed by atoms with Crippen LogP contribution >= 0.6 is 23.2 Å². The lowest BCUT2D eigenvalue weighted by Gasteiger charge is -2.32. The van der Waals surface area contributed by atoms with Gasteiger partial charge in [-0.3, -0.25) is 13.9 Å². The third-order valence-electron chi connectivity index (χ3n) is 6.38. The van der Waals surface area contributed by atoms with Gasteiger partial charge in [0.15, 0.2) is 0 Å². The van der Waals surface area contributed by atoms with Crippen molar-refractivity contribution in [3.05, 3.63) is 94.0 Å². The molecule has 39 heavy (non-hydrogen) atoms. The standard InChI is InChI=1S/C29H33Cl2N3O4S/c1-4-5-18-32-29(36)22(3)33(19-23-14-16-24(30)17-15-23)28(35)20-34(27-13-9-12-26(31)21(27)2)39(37,38)25-10-7-6-8-11-25/h6-17,22H,4-5,18-20H2,1-3H3,(H,32,36). The number of benzene rings is 3. The number of carbonyl (C=O) groups is 2. The van der Waals surface area contributed by atoms with Gasteiger partial charge in [-0.15, -0.1) is 0 Å². The van der Waals surface area contributed by atoms with Gasteiger partial charge < -0.3 is 10.2 Å². The van der Waals surface area contributed by atoms with Crippen LogP contribution in [0.2, 0.25) is 10.0 Å². The van der Waals surface area contributed by atoms with E-state index in [1.54, 1.807) is 74.5 Å². The predicted octanol–water partition coefficient (Wildman–Crippen LogP) is 5.83. The molecule has 3 aromatic rings. The normalized spacial score (nSPS) is 12.0. The molecule has 0 heterocycles. The summed E-state index contributed by atoms with van der Waals surface area (Å²) < 4.78 is 28.8. The van der Waals surface area contributed by atoms with E-state index in [0.717, 1.165) is 22.7 Å². The van der Waals surface area contributed by atoms with Crippen molar-refractivity contribution in [1.82, 2.24) is 10.2 Å². The average molecular weight is 591 g/mol. The average Bonchev–Trinajstić information content (AvgIpc) is 2.93. The minimum atomic E-state index is -4.15. The maximum absolute atomic E-state index is 13.9. The van der Waals surface area contributed by atoms with Crippen LogP contribution in [0, 0.1) is 6.92 Å². The summed E-state index contributed by atoms with van der Waals surface area (Å²) in [5, 5.41) is 3.78. The van der Waals surface area contributed by atoms with Crippen LogP contribution in [0.15, 0.2) is 77.7 Å². The van der Waals surface area contributed by atoms with Gasteiger partial charge in [0, 0.05) is 23.1 Å². The van der Waals surface area contributed by atoms with Crippen molar-refractivity contribution in [2.24, 2.45) is 0 Å². The lowest BCUT2D eigenvalue weighted by Crippen LogP contribution is -2.51. The summed E-state index contributed by atoms with van der Waals surface area (Å²) in [6.07, 6.45) is 1.72. The highest BCUT2D eigenvalue weighted by molar-refractivity contribution is 7.92. The molecule has 1 N–H and O–H groups in total. The molecule has 3 rings (SSSR count). The predicted molar refractivity (Wildman–Crippen MR) is 157 cm³/mol. The Morgan fingerprint density at radius 1 is 0.949 bits per heavy atom. The van der Waals surface area contributed by atoms with E-state index >= 15 is 0 Å². The molecule has 1 atom stereocenters. The highest BCUT2D eigenvalue weighted by Crippen LogP contribution is 2.31. The van der Waals surface area contributed by atoms with Gasteiger partial charge in [-0.2, -0.15) is 0 Å². The summed E-state index contributed by atoms with van der Waals surface area (Å²) in [7, 11) is -4.15. The van der Waals surface area contributed by atoms with Crippen LogP contribution in [0.25, 0.3) is 0 Å². The summed E-state index contributed by atoms with van der Waals surface area (Å²) in [5.41, 5.74) is 1.55. The van der Waals surface area contributed by atoms with E-state index in [-0.39, 0.29) is 23.0 Å². The number of hydrogen-bond acceptors (Lipinski definition) is 4. The Kier molecular flexibility index (Phi) is 10.8. The molecule has 2 amide bonds. The van der Waals surface area contributed by atoms with Crippen molar-refractivity contribution in [2.75, 3.05) is 17.4 Å². The zero-order valence-electron chi connectivity index (χ0n) is 22.2. The second kappa shape index (κ2) is 13.8. The molecule has 0 aliphatic rings. The van der Waals surface area contributed by atoms with Crippen LogP contribution in [0.3, 0.4) is 0 Å². The van der Waals surface area contributed by atoms with Crippen molar-refractivity contribution in [3.63, 3.8) is 0 Å². The molecule has 0 bridgehead atoms. The molecular weight excluding hydrogens is 557 g/mol. The van der Waals surface area contributed by atoms with Gasteiger partial charge in [0.25, 0.3) is 10.0 Å². The number of carbonyl (C=O) groups excluding carboxylic acids is 2. The Balaban J connectivity index is 2.02. The number of nitrogens with zero attached hydrogens (tertiary/aromatic N) is 2. The van der Waals surface area contributed by atoms with E-state index in [0.29, 0.717) is 22.2 Å². The number of hydrogen-bond donors (Lipinski definition) is 1. The molecule has 0 saturated heterocycles. The van der Waals surface area contributed by atoms with Crippen molar-refractivity contribution in [2.45, 2.75) is 51.1 Å². The van der Waals surface area contributed by atoms with Crippen molar-refractivity contribution >= 4 is 50.7 Å². The largest absolute Gasteiger partial charge is 0.354 e. The van der Waals surface area contributed by atoms with Gasteiger partial charge in [0.1, 0.15) is 12.6 Å². The molecule has 0 aliphatic carbocycles. The van der Waals surface area contributed by atoms with E-state index in [4.69, 9.17) is 23.2 Å². The maximum atomic E-state index is 13.9. The van der Waals surface area contributed by atoms with Gasteiger partial charge in [-0.05, 0) is 67.8 Å². The molecule has 7 nitrogen and oxygen atoms in total. The van der Waals surface area contributed by atoms with Crippen LogP contribution in [0.4, 0.5) is 5.69 Å². The van der Waals surface area contributed by atoms with Crippen LogP contribution in [0.5, 0.6) is 0 Å². The number of rotatable bonds is 12. The fraction of sp³-hybridized carbons (Fsp3) is 0.310. The Morgan fingerprint density at radius 3 is 2.26 bits per heavy atom. The number of sulfonamides is 1. The number of anilines is 1. The van der Waals surface area contributed by atoms with Crippen LogP contribution in [0.1, 0.15) is 37.8 Å². The molecule has 208 valence electrons. The van der Waals surface area contributed by atoms with Crippen LogP contribution < -0.4 is 9.62 Å². The second-order valence-corrected chi connectivity index (χ2v) is 11.9. The highest BCUT2D eigenvalue weighted by atomic mass is 35.5. The molecular formula is C29H33Cl2N3O4S. The SMILES string of the molecule is CCCCNC(=O)C(C)N(Cc1ccc(Cl)cc1)C(=O)CN(c1cccc(Cl)c1C)S(=O)(=O)c1ccccc1. The van der Waals surface area contributed by atoms with E-state index < -0.39 is 28.5 Å². The lowest BCUT2D eigenvalue weighted by atomic mass is 10.1. The number of halogens is 2. The van der Waals surface area contributed by atoms with E-state index in [1.165, 1.54) is 17.0 Å². The molecule has 0 aliphatic heterocycles. The van der Waals surface area contributed by atoms with Gasteiger partial charge in [-0.25, -0.2) is 8.42 Å². The van der Waals surface area contributed by atoms with Gasteiger partial charge >= 0.3 is 0 Å². The van der Waals surface area contributed by atoms with Crippen LogP contribution in [-0.4, -0.2) is 44.3 Å². The summed E-state index contributed by atoms with van der Waals surface area (Å²) >= 11 is 12.4. The first-order chi connectivity index (χ1) is 18.6. The first kappa shape index (κ1) is 30.5. The smallest absolute Gasteiger partial charge is 0.264 e. The van der Waals surface area contributed by atoms with E-state index in [9.17, 15) is 18.0 Å². The van der Waals surface area contributed by atoms with Crippen LogP contribution in [-0.2, 0) is 26.2 Å². The molecule has 0 radical (unpaired) electrons. The minimum absolute atomic E-state index is 0.0341. The number of unbranched alkanes of at least 4 members (excludes halogenated alkanes) is 1. The fourth-order valence-electron chi connectivity index (χ4n) is 4.00. The van der Waals surface area contributed by atoms with Gasteiger partial charge in [-0.1, -0.05) is 72.9 Å². The Hall–Kier alpha value is -3.07. The molecule has 0 aromatic heterocycles. The van der Waals surface area contributed by atoms with Gasteiger partial charge in [0.05, 0.1) is 10.6 Å². The summed E-state index contributed by atoms with van der Waals surface area (Å²) in [5.74, 6) is -0.857. The van der Waals surface area contributed by atoms with Gasteiger partial charge in [0.2, 0.25) is 11.8 Å². The Labute approximate surface area is 240 Å². The molecule has 1 unspecified atom stereocenters. The zero-order chi connectivity index (χ0) is 28.6. The summed E-state index contributed by atoms with van der Waals surface area (Å²) in [4.78, 5) is 28.4. The number of nitrogens with one attached hydrogen (secondary N) is 1. The Morgan fingerprint density at radius 2 is 1.62 bits per heavy atom. The monoisotopic (exact) mass is 589 g/mol. The quantitative estimate of drug-likeness (QED) is 0.269. The zero-order valence-corrected chi connectivity index (χ0v) is 24.6. The minimum Gasteiger partial charge on any atom is -0.354 e. The van der Waals surface area contributed by atoms with Crippen molar-refractivity contribution in [3.8, 4) is 0 Å². The topological polar surface area (TPSA) is 86.8 Å².